The van der Waals surface area contributed by atoms with Crippen molar-refractivity contribution in [1.29, 1.82) is 0 Å². The summed E-state index contributed by atoms with van der Waals surface area (Å²) >= 11 is 15.0. The number of esters is 1. The highest BCUT2D eigenvalue weighted by Gasteiger charge is 2.56. The summed E-state index contributed by atoms with van der Waals surface area (Å²) in [6.07, 6.45) is -0.676. The van der Waals surface area contributed by atoms with Crippen molar-refractivity contribution < 1.29 is 19.1 Å². The average Bonchev–Trinajstić information content (AvgIpc) is 2.93. The van der Waals surface area contributed by atoms with Crippen molar-refractivity contribution >= 4 is 64.5 Å². The summed E-state index contributed by atoms with van der Waals surface area (Å²) in [5.74, 6) is -1.08. The van der Waals surface area contributed by atoms with Crippen LogP contribution >= 0.6 is 46.7 Å². The summed E-state index contributed by atoms with van der Waals surface area (Å²) in [5, 5.41) is 2.35. The number of carbonyl (C=O) groups excluding carboxylic acids is 3. The number of hydrogen-bond acceptors (Lipinski definition) is 6. The van der Waals surface area contributed by atoms with E-state index in [0.29, 0.717) is 15.6 Å². The number of β-lactam (4-membered cyclic amide) rings is 1. The normalized spacial score (nSPS) is 20.4. The van der Waals surface area contributed by atoms with Gasteiger partial charge < -0.3 is 10.1 Å². The first-order valence-corrected chi connectivity index (χ1v) is 14.7. The number of benzene rings is 3. The fourth-order valence-electron chi connectivity index (χ4n) is 4.50. The number of hydrogen-bond donors (Lipinski definition) is 1. The Kier molecular flexibility index (Phi) is 8.28. The van der Waals surface area contributed by atoms with Crippen LogP contribution in [0.5, 0.6) is 0 Å². The first-order chi connectivity index (χ1) is 18.7. The molecule has 10 heteroatoms. The van der Waals surface area contributed by atoms with Crippen molar-refractivity contribution in [3.63, 3.8) is 0 Å². The zero-order valence-corrected chi connectivity index (χ0v) is 24.1. The van der Waals surface area contributed by atoms with Gasteiger partial charge in [0.15, 0.2) is 6.10 Å². The van der Waals surface area contributed by atoms with Crippen molar-refractivity contribution in [3.05, 3.63) is 111 Å². The maximum absolute atomic E-state index is 13.8. The minimum Gasteiger partial charge on any atom is -0.448 e. The summed E-state index contributed by atoms with van der Waals surface area (Å²) in [5.41, 5.74) is 2.32. The van der Waals surface area contributed by atoms with E-state index in [-0.39, 0.29) is 17.5 Å². The van der Waals surface area contributed by atoms with Crippen LogP contribution in [0, 0.1) is 0 Å². The second-order valence-electron chi connectivity index (χ2n) is 9.07. The molecule has 0 aliphatic carbocycles. The number of nitrogens with zero attached hydrogens (tertiary/aromatic N) is 1. The van der Waals surface area contributed by atoms with Gasteiger partial charge in [-0.3, -0.25) is 14.5 Å². The second-order valence-corrected chi connectivity index (χ2v) is 12.3. The van der Waals surface area contributed by atoms with Gasteiger partial charge in [0.05, 0.1) is 10.0 Å². The van der Waals surface area contributed by atoms with E-state index in [0.717, 1.165) is 16.0 Å². The Morgan fingerprint density at radius 1 is 0.974 bits per heavy atom. The molecule has 1 N–H and O–H groups in total. The van der Waals surface area contributed by atoms with E-state index in [1.54, 1.807) is 25.1 Å². The van der Waals surface area contributed by atoms with Gasteiger partial charge in [0.2, 0.25) is 11.8 Å². The first-order valence-electron chi connectivity index (χ1n) is 12.1. The van der Waals surface area contributed by atoms with Crippen LogP contribution in [0.2, 0.25) is 10.0 Å². The van der Waals surface area contributed by atoms with Gasteiger partial charge in [-0.25, -0.2) is 4.79 Å². The molecule has 2 heterocycles. The van der Waals surface area contributed by atoms with E-state index in [1.807, 2.05) is 60.7 Å². The Morgan fingerprint density at radius 2 is 1.59 bits per heavy atom. The van der Waals surface area contributed by atoms with Crippen molar-refractivity contribution in [1.82, 2.24) is 10.2 Å². The smallest absolute Gasteiger partial charge is 0.356 e. The Morgan fingerprint density at radius 3 is 2.15 bits per heavy atom. The summed E-state index contributed by atoms with van der Waals surface area (Å²) in [7, 11) is 0. The molecule has 2 amide bonds. The number of ether oxygens (including phenoxy) is 1. The molecule has 39 heavy (non-hydrogen) atoms. The monoisotopic (exact) mass is 598 g/mol. The molecule has 3 aromatic rings. The van der Waals surface area contributed by atoms with E-state index >= 15 is 0 Å². The first kappa shape index (κ1) is 27.6. The molecule has 3 aromatic carbocycles. The zero-order valence-electron chi connectivity index (χ0n) is 21.0. The van der Waals surface area contributed by atoms with Gasteiger partial charge in [0.1, 0.15) is 21.7 Å². The molecule has 1 saturated heterocycles. The molecule has 0 saturated carbocycles. The molecule has 2 aliphatic rings. The van der Waals surface area contributed by atoms with Crippen molar-refractivity contribution in [3.8, 4) is 0 Å². The van der Waals surface area contributed by atoms with Gasteiger partial charge in [0, 0.05) is 11.8 Å². The Labute approximate surface area is 245 Å². The Balaban J connectivity index is 1.46. The van der Waals surface area contributed by atoms with Crippen molar-refractivity contribution in [2.24, 2.45) is 0 Å². The summed E-state index contributed by atoms with van der Waals surface area (Å²) in [4.78, 5) is 41.6. The summed E-state index contributed by atoms with van der Waals surface area (Å²) in [6, 6.07) is 24.1. The van der Waals surface area contributed by atoms with Crippen LogP contribution in [0.4, 0.5) is 0 Å². The second kappa shape index (κ2) is 11.7. The quantitative estimate of drug-likeness (QED) is 0.249. The Bertz CT molecular complexity index is 1410. The van der Waals surface area contributed by atoms with Gasteiger partial charge in [-0.05, 0) is 41.8 Å². The van der Waals surface area contributed by atoms with E-state index in [2.05, 4.69) is 5.32 Å². The molecule has 3 atom stereocenters. The molecule has 0 radical (unpaired) electrons. The fourth-order valence-corrected chi connectivity index (χ4v) is 7.72. The van der Waals surface area contributed by atoms with Gasteiger partial charge in [-0.2, -0.15) is 0 Å². The maximum atomic E-state index is 13.8. The molecule has 3 unspecified atom stereocenters. The van der Waals surface area contributed by atoms with Crippen LogP contribution in [0.3, 0.4) is 0 Å². The molecular formula is C29H24Cl2N2O4S2. The van der Waals surface area contributed by atoms with Gasteiger partial charge in [0.25, 0.3) is 0 Å². The highest BCUT2D eigenvalue weighted by Crippen LogP contribution is 2.50. The number of fused-ring (bicyclic) bond motifs is 1. The van der Waals surface area contributed by atoms with Crippen LogP contribution in [0.1, 0.15) is 31.1 Å². The minimum absolute atomic E-state index is 0.158. The van der Waals surface area contributed by atoms with Gasteiger partial charge in [-0.15, -0.1) is 23.5 Å². The minimum atomic E-state index is -0.676. The summed E-state index contributed by atoms with van der Waals surface area (Å²) in [6.45, 7) is 3.17. The molecule has 0 spiro atoms. The van der Waals surface area contributed by atoms with Crippen LogP contribution in [0.15, 0.2) is 95.0 Å². The third kappa shape index (κ3) is 5.70. The number of carbonyl (C=O) groups is 3. The predicted molar refractivity (Wildman–Crippen MR) is 155 cm³/mol. The predicted octanol–water partition coefficient (Wildman–Crippen LogP) is 6.44. The van der Waals surface area contributed by atoms with Crippen LogP contribution < -0.4 is 5.32 Å². The molecule has 0 aromatic heterocycles. The summed E-state index contributed by atoms with van der Waals surface area (Å²) < 4.78 is 6.12. The lowest BCUT2D eigenvalue weighted by atomic mass is 10.0. The molecule has 1 fully saturated rings. The lowest BCUT2D eigenvalue weighted by Crippen LogP contribution is -2.65. The highest BCUT2D eigenvalue weighted by atomic mass is 35.5. The third-order valence-electron chi connectivity index (χ3n) is 6.39. The number of nitrogens with one attached hydrogen (secondary N) is 1. The van der Waals surface area contributed by atoms with Gasteiger partial charge in [-0.1, -0.05) is 83.9 Å². The lowest BCUT2D eigenvalue weighted by Gasteiger charge is -2.51. The number of halogens is 2. The molecule has 6 nitrogen and oxygen atoms in total. The third-order valence-corrected chi connectivity index (χ3v) is 10.0. The maximum Gasteiger partial charge on any atom is 0.356 e. The average molecular weight is 600 g/mol. The van der Waals surface area contributed by atoms with Gasteiger partial charge >= 0.3 is 5.97 Å². The van der Waals surface area contributed by atoms with E-state index < -0.39 is 28.1 Å². The molecule has 0 bridgehead atoms. The van der Waals surface area contributed by atoms with E-state index in [4.69, 9.17) is 27.9 Å². The fraction of sp³-hybridized carbons (Fsp3) is 0.207. The molecule has 2 aliphatic heterocycles. The van der Waals surface area contributed by atoms with Crippen LogP contribution in [-0.2, 0) is 19.1 Å². The molecular weight excluding hydrogens is 575 g/mol. The molecule has 5 rings (SSSR count). The van der Waals surface area contributed by atoms with Crippen LogP contribution in [0.25, 0.3) is 0 Å². The van der Waals surface area contributed by atoms with E-state index in [1.165, 1.54) is 35.3 Å². The number of amides is 2. The number of rotatable bonds is 7. The van der Waals surface area contributed by atoms with Crippen LogP contribution in [-0.4, -0.2) is 38.7 Å². The number of thioether (sulfide) groups is 2. The topological polar surface area (TPSA) is 75.7 Å². The molecule has 200 valence electrons. The SMILES string of the molecule is CC(=O)NC1SC2C(Sc3ccc(Cl)c(Cl)c3)C(=O)N2C(C(=O)OC(c2ccccc2)c2ccccc2)=C1C. The van der Waals surface area contributed by atoms with Crippen molar-refractivity contribution in [2.45, 2.75) is 40.8 Å². The van der Waals surface area contributed by atoms with Crippen molar-refractivity contribution in [2.75, 3.05) is 0 Å². The highest BCUT2D eigenvalue weighted by molar-refractivity contribution is 8.05. The largest absolute Gasteiger partial charge is 0.448 e. The Hall–Kier alpha value is -2.91. The zero-order chi connectivity index (χ0) is 27.7. The standard InChI is InChI=1S/C29H24Cl2N2O4S2/c1-16-23(29(36)37-24(18-9-5-3-6-10-18)19-11-7-4-8-12-19)33-27(35)25(28(33)39-26(16)32-17(2)34)38-20-13-14-21(30)22(31)15-20/h3-15,24-26,28H,1-2H3,(H,32,34). The lowest BCUT2D eigenvalue weighted by molar-refractivity contribution is -0.151. The van der Waals surface area contributed by atoms with E-state index in [9.17, 15) is 14.4 Å².